The number of nitrogens with one attached hydrogen (secondary N) is 1. The average Bonchev–Trinajstić information content (AvgIpc) is 2.72. The highest BCUT2D eigenvalue weighted by Gasteiger charge is 2.32. The fourth-order valence-electron chi connectivity index (χ4n) is 1.78. The molecule has 116 valence electrons. The van der Waals surface area contributed by atoms with Crippen molar-refractivity contribution in [1.82, 2.24) is 5.32 Å². The van der Waals surface area contributed by atoms with Crippen molar-refractivity contribution in [3.63, 3.8) is 0 Å². The van der Waals surface area contributed by atoms with E-state index in [2.05, 4.69) is 5.32 Å². The van der Waals surface area contributed by atoms with Crippen molar-refractivity contribution in [2.75, 3.05) is 23.8 Å². The van der Waals surface area contributed by atoms with Crippen LogP contribution in [0.5, 0.6) is 0 Å². The van der Waals surface area contributed by atoms with Crippen LogP contribution in [0.2, 0.25) is 0 Å². The van der Waals surface area contributed by atoms with E-state index in [1.807, 2.05) is 0 Å². The number of hydrogen-bond donors (Lipinski definition) is 2. The van der Waals surface area contributed by atoms with Crippen molar-refractivity contribution in [3.8, 4) is 0 Å². The smallest absolute Gasteiger partial charge is 0.311 e. The van der Waals surface area contributed by atoms with Gasteiger partial charge in [-0.2, -0.15) is 0 Å². The number of carbonyl (C=O) groups is 2. The van der Waals surface area contributed by atoms with Gasteiger partial charge in [0.05, 0.1) is 22.7 Å². The summed E-state index contributed by atoms with van der Waals surface area (Å²) >= 11 is 1.32. The first-order valence-electron chi connectivity index (χ1n) is 6.50. The highest BCUT2D eigenvalue weighted by Crippen LogP contribution is 2.24. The summed E-state index contributed by atoms with van der Waals surface area (Å²) in [7, 11) is -2.92. The normalized spacial score (nSPS) is 24.0. The topological polar surface area (TPSA) is 101 Å². The molecule has 0 aromatic carbocycles. The van der Waals surface area contributed by atoms with Crippen LogP contribution in [0.1, 0.15) is 26.7 Å². The molecule has 0 aliphatic carbocycles. The summed E-state index contributed by atoms with van der Waals surface area (Å²) < 4.78 is 22.6. The molecule has 2 unspecified atom stereocenters. The van der Waals surface area contributed by atoms with Gasteiger partial charge < -0.3 is 10.4 Å². The molecule has 1 amide bonds. The molecular weight excluding hydrogens is 302 g/mol. The molecule has 1 fully saturated rings. The number of carboxylic acid groups (broad SMARTS) is 1. The van der Waals surface area contributed by atoms with Crippen molar-refractivity contribution in [1.29, 1.82) is 0 Å². The van der Waals surface area contributed by atoms with E-state index in [4.69, 9.17) is 5.11 Å². The number of carbonyl (C=O) groups excluding carboxylic acids is 1. The largest absolute Gasteiger partial charge is 0.481 e. The zero-order valence-electron chi connectivity index (χ0n) is 11.7. The van der Waals surface area contributed by atoms with E-state index in [0.717, 1.165) is 0 Å². The molecular formula is C12H21NO5S2. The predicted molar refractivity (Wildman–Crippen MR) is 78.6 cm³/mol. The van der Waals surface area contributed by atoms with Crippen LogP contribution in [0.4, 0.5) is 0 Å². The molecule has 1 aliphatic heterocycles. The highest BCUT2D eigenvalue weighted by molar-refractivity contribution is 8.02. The van der Waals surface area contributed by atoms with Crippen LogP contribution in [0.3, 0.4) is 0 Å². The average molecular weight is 323 g/mol. The van der Waals surface area contributed by atoms with E-state index >= 15 is 0 Å². The zero-order valence-corrected chi connectivity index (χ0v) is 13.3. The van der Waals surface area contributed by atoms with Gasteiger partial charge in [0.2, 0.25) is 5.91 Å². The van der Waals surface area contributed by atoms with Crippen molar-refractivity contribution in [3.05, 3.63) is 0 Å². The molecule has 6 nitrogen and oxygen atoms in total. The van der Waals surface area contributed by atoms with Crippen LogP contribution in [0.25, 0.3) is 0 Å². The van der Waals surface area contributed by atoms with E-state index < -0.39 is 21.2 Å². The van der Waals surface area contributed by atoms with Gasteiger partial charge in [0.25, 0.3) is 0 Å². The summed E-state index contributed by atoms with van der Waals surface area (Å²) in [4.78, 5) is 22.8. The Hall–Kier alpha value is -0.760. The fraction of sp³-hybridized carbons (Fsp3) is 0.833. The molecule has 0 spiro atoms. The quantitative estimate of drug-likeness (QED) is 0.708. The number of hydrogen-bond acceptors (Lipinski definition) is 5. The highest BCUT2D eigenvalue weighted by atomic mass is 32.2. The zero-order chi connectivity index (χ0) is 15.4. The Morgan fingerprint density at radius 1 is 1.45 bits per heavy atom. The summed E-state index contributed by atoms with van der Waals surface area (Å²) in [5.41, 5.74) is -0.961. The van der Waals surface area contributed by atoms with Crippen LogP contribution >= 0.6 is 11.8 Å². The lowest BCUT2D eigenvalue weighted by Crippen LogP contribution is -2.41. The molecule has 2 atom stereocenters. The van der Waals surface area contributed by atoms with Gasteiger partial charge in [0.1, 0.15) is 0 Å². The molecule has 0 aromatic rings. The first kappa shape index (κ1) is 17.3. The van der Waals surface area contributed by atoms with Crippen LogP contribution in [-0.4, -0.2) is 54.5 Å². The third-order valence-electron chi connectivity index (χ3n) is 3.61. The lowest BCUT2D eigenvalue weighted by Gasteiger charge is -2.23. The van der Waals surface area contributed by atoms with E-state index in [0.29, 0.717) is 12.8 Å². The minimum Gasteiger partial charge on any atom is -0.481 e. The number of aliphatic carboxylic acids is 1. The van der Waals surface area contributed by atoms with Gasteiger partial charge >= 0.3 is 5.97 Å². The van der Waals surface area contributed by atoms with Crippen molar-refractivity contribution >= 4 is 33.5 Å². The first-order chi connectivity index (χ1) is 9.18. The van der Waals surface area contributed by atoms with Crippen LogP contribution in [-0.2, 0) is 19.4 Å². The number of thioether (sulfide) groups is 1. The van der Waals surface area contributed by atoms with Crippen LogP contribution < -0.4 is 5.32 Å². The number of carboxylic acids is 1. The molecule has 2 N–H and O–H groups in total. The van der Waals surface area contributed by atoms with E-state index in [-0.39, 0.29) is 35.0 Å². The van der Waals surface area contributed by atoms with Gasteiger partial charge in [0.15, 0.2) is 9.84 Å². The van der Waals surface area contributed by atoms with Gasteiger partial charge in [-0.15, -0.1) is 11.8 Å². The third-order valence-corrected chi connectivity index (χ3v) is 6.89. The second-order valence-electron chi connectivity index (χ2n) is 5.33. The molecule has 20 heavy (non-hydrogen) atoms. The summed E-state index contributed by atoms with van der Waals surface area (Å²) in [6, 6.07) is 0. The maximum absolute atomic E-state index is 11.7. The predicted octanol–water partition coefficient (Wildman–Crippen LogP) is 0.524. The minimum absolute atomic E-state index is 0.0252. The first-order valence-corrected chi connectivity index (χ1v) is 9.37. The Morgan fingerprint density at radius 3 is 2.55 bits per heavy atom. The maximum atomic E-state index is 11.7. The second-order valence-corrected chi connectivity index (χ2v) is 8.85. The van der Waals surface area contributed by atoms with E-state index in [9.17, 15) is 18.0 Å². The number of sulfone groups is 1. The van der Waals surface area contributed by atoms with Crippen molar-refractivity contribution < 1.29 is 23.1 Å². The Kier molecular flexibility index (Phi) is 5.88. The standard InChI is InChI=1S/C12H21NO5S2/c1-3-12(2,11(15)16)8-13-10(14)6-19-9-4-5-20(17,18)7-9/h9H,3-8H2,1-2H3,(H,13,14)(H,15,16). The SMILES string of the molecule is CCC(C)(CNC(=O)CSC1CCS(=O)(=O)C1)C(=O)O. The molecule has 1 heterocycles. The van der Waals surface area contributed by atoms with Gasteiger partial charge in [-0.25, -0.2) is 8.42 Å². The monoisotopic (exact) mass is 323 g/mol. The molecule has 1 saturated heterocycles. The summed E-state index contributed by atoms with van der Waals surface area (Å²) in [6.07, 6.45) is 1.01. The molecule has 8 heteroatoms. The van der Waals surface area contributed by atoms with Crippen LogP contribution in [0, 0.1) is 5.41 Å². The van der Waals surface area contributed by atoms with Gasteiger partial charge in [-0.05, 0) is 19.8 Å². The fourth-order valence-corrected chi connectivity index (χ4v) is 5.26. The van der Waals surface area contributed by atoms with Gasteiger partial charge in [-0.3, -0.25) is 9.59 Å². The number of rotatable bonds is 7. The van der Waals surface area contributed by atoms with E-state index in [1.165, 1.54) is 11.8 Å². The Labute approximate surface area is 123 Å². The van der Waals surface area contributed by atoms with Crippen LogP contribution in [0.15, 0.2) is 0 Å². The minimum atomic E-state index is -2.92. The molecule has 0 saturated carbocycles. The van der Waals surface area contributed by atoms with Gasteiger partial charge in [-0.1, -0.05) is 6.92 Å². The number of amides is 1. The summed E-state index contributed by atoms with van der Waals surface area (Å²) in [5, 5.41) is 11.7. The second kappa shape index (κ2) is 6.80. The molecule has 0 radical (unpaired) electrons. The summed E-state index contributed by atoms with van der Waals surface area (Å²) in [5.74, 6) is -0.694. The lowest BCUT2D eigenvalue weighted by atomic mass is 9.88. The Morgan fingerprint density at radius 2 is 2.10 bits per heavy atom. The molecule has 0 bridgehead atoms. The van der Waals surface area contributed by atoms with Crippen molar-refractivity contribution in [2.45, 2.75) is 31.9 Å². The van der Waals surface area contributed by atoms with Crippen molar-refractivity contribution in [2.24, 2.45) is 5.41 Å². The lowest BCUT2D eigenvalue weighted by molar-refractivity contribution is -0.148. The Balaban J connectivity index is 2.33. The summed E-state index contributed by atoms with van der Waals surface area (Å²) in [6.45, 7) is 3.44. The maximum Gasteiger partial charge on any atom is 0.311 e. The Bertz CT molecular complexity index is 476. The molecule has 0 aromatic heterocycles. The third kappa shape index (κ3) is 4.97. The van der Waals surface area contributed by atoms with Gasteiger partial charge in [0, 0.05) is 11.8 Å². The molecule has 1 rings (SSSR count). The molecule has 1 aliphatic rings. The van der Waals surface area contributed by atoms with E-state index in [1.54, 1.807) is 13.8 Å².